The summed E-state index contributed by atoms with van der Waals surface area (Å²) in [6.45, 7) is 1.46. The predicted molar refractivity (Wildman–Crippen MR) is 29.6 cm³/mol. The summed E-state index contributed by atoms with van der Waals surface area (Å²) in [5.41, 5.74) is 0. The highest BCUT2D eigenvalue weighted by Gasteiger charge is 2.29. The minimum Gasteiger partial charge on any atom is -0.259 e. The Hall–Kier alpha value is -0.0600. The number of alkyl halides is 3. The Labute approximate surface area is 53.7 Å². The van der Waals surface area contributed by atoms with Gasteiger partial charge in [-0.3, -0.25) is 4.21 Å². The molecule has 0 aromatic carbocycles. The van der Waals surface area contributed by atoms with Gasteiger partial charge in [0.15, 0.2) is 0 Å². The van der Waals surface area contributed by atoms with E-state index in [4.69, 9.17) is 0 Å². The largest absolute Gasteiger partial charge is 0.400 e. The zero-order valence-electron chi connectivity index (χ0n) is 4.86. The van der Waals surface area contributed by atoms with E-state index in [1.54, 1.807) is 0 Å². The van der Waals surface area contributed by atoms with Gasteiger partial charge in [-0.15, -0.1) is 0 Å². The van der Waals surface area contributed by atoms with Crippen LogP contribution in [0.4, 0.5) is 13.2 Å². The normalized spacial score (nSPS) is 15.6. The molecule has 0 spiro atoms. The molecule has 1 unspecified atom stereocenters. The van der Waals surface area contributed by atoms with Crippen LogP contribution in [0.3, 0.4) is 0 Å². The van der Waals surface area contributed by atoms with Crippen molar-refractivity contribution in [3.63, 3.8) is 0 Å². The topological polar surface area (TPSA) is 17.1 Å². The van der Waals surface area contributed by atoms with Crippen LogP contribution in [0.15, 0.2) is 0 Å². The molecule has 56 valence electrons. The second-order valence-corrected chi connectivity index (χ2v) is 3.23. The molecular weight excluding hydrogens is 153 g/mol. The van der Waals surface area contributed by atoms with Crippen molar-refractivity contribution in [2.24, 2.45) is 0 Å². The third-order valence-corrected chi connectivity index (χ3v) is 1.94. The van der Waals surface area contributed by atoms with Gasteiger partial charge in [0.25, 0.3) is 0 Å². The van der Waals surface area contributed by atoms with Gasteiger partial charge in [0.05, 0.1) is 0 Å². The zero-order valence-corrected chi connectivity index (χ0v) is 5.68. The monoisotopic (exact) mass is 160 g/mol. The van der Waals surface area contributed by atoms with Crippen molar-refractivity contribution in [2.45, 2.75) is 13.1 Å². The Balaban J connectivity index is 3.60. The lowest BCUT2D eigenvalue weighted by Crippen LogP contribution is -2.19. The first-order chi connectivity index (χ1) is 3.95. The Bertz CT molecular complexity index is 109. The first kappa shape index (κ1) is 8.94. The highest BCUT2D eigenvalue weighted by atomic mass is 32.2. The quantitative estimate of drug-likeness (QED) is 0.595. The molecule has 0 aliphatic heterocycles. The Morgan fingerprint density at radius 3 is 2.00 bits per heavy atom. The first-order valence-electron chi connectivity index (χ1n) is 2.37. The van der Waals surface area contributed by atoms with E-state index in [-0.39, 0.29) is 5.75 Å². The summed E-state index contributed by atoms with van der Waals surface area (Å²) in [6, 6.07) is 0. The van der Waals surface area contributed by atoms with Crippen LogP contribution in [0.2, 0.25) is 0 Å². The van der Waals surface area contributed by atoms with E-state index >= 15 is 0 Å². The summed E-state index contributed by atoms with van der Waals surface area (Å²) < 4.78 is 44.1. The van der Waals surface area contributed by atoms with E-state index in [0.717, 1.165) is 0 Å². The third kappa shape index (κ3) is 5.82. The maximum Gasteiger partial charge on any atom is 0.400 e. The summed E-state index contributed by atoms with van der Waals surface area (Å²) in [5.74, 6) is -1.11. The lowest BCUT2D eigenvalue weighted by molar-refractivity contribution is -0.105. The van der Waals surface area contributed by atoms with Gasteiger partial charge in [-0.1, -0.05) is 6.92 Å². The molecular formula is C4H7F3OS. The zero-order chi connectivity index (χ0) is 7.49. The standard InChI is InChI=1S/C4H7F3OS/c1-2-9(8)3-4(5,6)7/h2-3H2,1H3. The highest BCUT2D eigenvalue weighted by molar-refractivity contribution is 7.85. The minimum absolute atomic E-state index is 0.0690. The van der Waals surface area contributed by atoms with Gasteiger partial charge in [-0.05, 0) is 0 Å². The average Bonchev–Trinajstić information content (AvgIpc) is 1.62. The van der Waals surface area contributed by atoms with Crippen molar-refractivity contribution < 1.29 is 17.4 Å². The Kier molecular flexibility index (Phi) is 3.17. The molecule has 0 aromatic heterocycles. The smallest absolute Gasteiger partial charge is 0.259 e. The average molecular weight is 160 g/mol. The number of hydrogen-bond donors (Lipinski definition) is 0. The maximum absolute atomic E-state index is 11.3. The fraction of sp³-hybridized carbons (Fsp3) is 1.00. The molecule has 0 heterocycles. The van der Waals surface area contributed by atoms with Crippen molar-refractivity contribution in [3.8, 4) is 0 Å². The van der Waals surface area contributed by atoms with Crippen LogP contribution < -0.4 is 0 Å². The predicted octanol–water partition coefficient (Wildman–Crippen LogP) is 1.32. The van der Waals surface area contributed by atoms with E-state index < -0.39 is 22.7 Å². The van der Waals surface area contributed by atoms with E-state index in [1.807, 2.05) is 0 Å². The molecule has 0 aromatic rings. The summed E-state index contributed by atoms with van der Waals surface area (Å²) in [6.07, 6.45) is -4.28. The molecule has 0 saturated heterocycles. The molecule has 0 fully saturated rings. The highest BCUT2D eigenvalue weighted by Crippen LogP contribution is 2.15. The summed E-state index contributed by atoms with van der Waals surface area (Å²) >= 11 is 0. The number of halogens is 3. The molecule has 9 heavy (non-hydrogen) atoms. The molecule has 0 aliphatic rings. The van der Waals surface area contributed by atoms with Crippen LogP contribution in [0.5, 0.6) is 0 Å². The van der Waals surface area contributed by atoms with Crippen LogP contribution in [0.1, 0.15) is 6.92 Å². The van der Waals surface area contributed by atoms with Crippen molar-refractivity contribution in [2.75, 3.05) is 11.5 Å². The Morgan fingerprint density at radius 1 is 1.44 bits per heavy atom. The third-order valence-electron chi connectivity index (χ3n) is 0.647. The molecule has 5 heteroatoms. The van der Waals surface area contributed by atoms with Gasteiger partial charge < -0.3 is 0 Å². The van der Waals surface area contributed by atoms with Crippen molar-refractivity contribution in [3.05, 3.63) is 0 Å². The lowest BCUT2D eigenvalue weighted by atomic mass is 10.8. The molecule has 0 N–H and O–H groups in total. The van der Waals surface area contributed by atoms with Gasteiger partial charge in [0.1, 0.15) is 5.75 Å². The molecule has 1 nitrogen and oxygen atoms in total. The molecule has 0 rings (SSSR count). The lowest BCUT2D eigenvalue weighted by Gasteiger charge is -2.02. The summed E-state index contributed by atoms with van der Waals surface area (Å²) in [5, 5.41) is 0. The van der Waals surface area contributed by atoms with Gasteiger partial charge in [-0.2, -0.15) is 13.2 Å². The van der Waals surface area contributed by atoms with Crippen LogP contribution in [-0.4, -0.2) is 21.9 Å². The maximum atomic E-state index is 11.3. The van der Waals surface area contributed by atoms with Gasteiger partial charge in [0.2, 0.25) is 0 Å². The van der Waals surface area contributed by atoms with Gasteiger partial charge in [0, 0.05) is 16.6 Å². The molecule has 0 bridgehead atoms. The number of hydrogen-bond acceptors (Lipinski definition) is 1. The van der Waals surface area contributed by atoms with Crippen LogP contribution in [0.25, 0.3) is 0 Å². The van der Waals surface area contributed by atoms with Crippen molar-refractivity contribution >= 4 is 10.8 Å². The van der Waals surface area contributed by atoms with Gasteiger partial charge in [-0.25, -0.2) is 0 Å². The SMILES string of the molecule is CCS(=O)CC(F)(F)F. The van der Waals surface area contributed by atoms with Crippen molar-refractivity contribution in [1.82, 2.24) is 0 Å². The summed E-state index contributed by atoms with van der Waals surface area (Å²) in [7, 11) is -1.72. The van der Waals surface area contributed by atoms with Gasteiger partial charge >= 0.3 is 6.18 Å². The molecule has 0 saturated carbocycles. The van der Waals surface area contributed by atoms with E-state index in [1.165, 1.54) is 6.92 Å². The first-order valence-corrected chi connectivity index (χ1v) is 3.86. The van der Waals surface area contributed by atoms with Crippen LogP contribution in [0, 0.1) is 0 Å². The molecule has 1 atom stereocenters. The fourth-order valence-electron chi connectivity index (χ4n) is 0.285. The fourth-order valence-corrected chi connectivity index (χ4v) is 0.854. The van der Waals surface area contributed by atoms with Crippen LogP contribution in [-0.2, 0) is 10.8 Å². The van der Waals surface area contributed by atoms with Crippen LogP contribution >= 0.6 is 0 Å². The van der Waals surface area contributed by atoms with Crippen molar-refractivity contribution in [1.29, 1.82) is 0 Å². The van der Waals surface area contributed by atoms with E-state index in [0.29, 0.717) is 0 Å². The summed E-state index contributed by atoms with van der Waals surface area (Å²) in [4.78, 5) is 0. The Morgan fingerprint density at radius 2 is 1.89 bits per heavy atom. The second kappa shape index (κ2) is 3.20. The van der Waals surface area contributed by atoms with E-state index in [9.17, 15) is 17.4 Å². The molecule has 0 aliphatic carbocycles. The minimum atomic E-state index is -4.28. The van der Waals surface area contributed by atoms with E-state index in [2.05, 4.69) is 0 Å². The molecule has 0 amide bonds. The molecule has 0 radical (unpaired) electrons. The number of rotatable bonds is 2. The second-order valence-electron chi connectivity index (χ2n) is 1.49.